The van der Waals surface area contributed by atoms with Crippen LogP contribution in [0.15, 0.2) is 466 Å². The fourth-order valence-corrected chi connectivity index (χ4v) is 17.9. The Morgan fingerprint density at radius 3 is 0.795 bits per heavy atom. The lowest BCUT2D eigenvalue weighted by molar-refractivity contribution is 1.18. The van der Waals surface area contributed by atoms with Gasteiger partial charge in [-0.2, -0.15) is 0 Å². The topological polar surface area (TPSA) is 13.1 Å². The van der Waals surface area contributed by atoms with Crippen LogP contribution in [0.4, 0.5) is 17.1 Å². The predicted molar refractivity (Wildman–Crippen MR) is 502 cm³/mol. The van der Waals surface area contributed by atoms with Crippen LogP contribution in [0.2, 0.25) is 0 Å². The molecule has 0 aliphatic heterocycles. The molecule has 0 bridgehead atoms. The number of benzene rings is 20. The second-order valence-electron chi connectivity index (χ2n) is 29.9. The summed E-state index contributed by atoms with van der Waals surface area (Å²) < 4.78 is 5.82. The minimum Gasteiger partial charge on any atom is -0.311 e. The molecule has 0 atom stereocenters. The quantitative estimate of drug-likeness (QED) is 0.105. The van der Waals surface area contributed by atoms with Gasteiger partial charge in [-0.1, -0.05) is 368 Å². The van der Waals surface area contributed by atoms with Crippen molar-refractivity contribution in [1.82, 2.24) is 9.13 Å². The lowest BCUT2D eigenvalue weighted by atomic mass is 9.86. The van der Waals surface area contributed by atoms with Crippen molar-refractivity contribution in [3.05, 3.63) is 477 Å². The lowest BCUT2D eigenvalue weighted by Crippen LogP contribution is -2.09. The molecule has 0 fully saturated rings. The van der Waals surface area contributed by atoms with Crippen molar-refractivity contribution in [2.24, 2.45) is 0 Å². The van der Waals surface area contributed by atoms with Gasteiger partial charge in [0.2, 0.25) is 0 Å². The standard InChI is InChI=1S/C56H38N2.C31H23N.C26H17Br/c1-4-16-40(17-5-1)55-48-23-10-12-25-50(48)56(51-26-13-11-24-49(51)55)41-30-35-46(36-31-41)57(43-18-6-2-7-19-43)45-33-28-39(29-34-45)42-32-37-54-52(38-42)47-22-14-15-27-53(47)58(54)44-20-8-3-9-21-44;1-3-9-23(10-4-1)21-24-15-17-25(18-16-24)26-19-20-31-29(22-26)28-13-7-8-14-30(28)32(31)27-11-5-2-6-12-27;27-20-16-14-19(15-17-20)26-23-12-6-4-10-21(23)25(18-8-2-1-3-9-18)22-11-5-7-13-24(22)26/h1-38H;1-20,22H,21H2;1-17H. The van der Waals surface area contributed by atoms with Gasteiger partial charge in [-0.3, -0.25) is 0 Å². The van der Waals surface area contributed by atoms with Crippen molar-refractivity contribution in [1.29, 1.82) is 0 Å². The summed E-state index contributed by atoms with van der Waals surface area (Å²) in [5, 5.41) is 15.3. The summed E-state index contributed by atoms with van der Waals surface area (Å²) in [4.78, 5) is 2.35. The molecular weight excluding hydrogens is 1480 g/mol. The zero-order valence-corrected chi connectivity index (χ0v) is 65.9. The molecule has 2 heterocycles. The fourth-order valence-electron chi connectivity index (χ4n) is 17.6. The van der Waals surface area contributed by atoms with E-state index in [0.717, 1.165) is 28.0 Å². The number of halogens is 1. The molecule has 552 valence electrons. The van der Waals surface area contributed by atoms with Gasteiger partial charge in [0.05, 0.1) is 22.1 Å². The van der Waals surface area contributed by atoms with Crippen LogP contribution >= 0.6 is 15.9 Å². The van der Waals surface area contributed by atoms with Gasteiger partial charge >= 0.3 is 0 Å². The number of para-hydroxylation sites is 5. The smallest absolute Gasteiger partial charge is 0.0541 e. The maximum absolute atomic E-state index is 3.56. The molecule has 117 heavy (non-hydrogen) atoms. The molecule has 3 nitrogen and oxygen atoms in total. The Labute approximate surface area is 689 Å². The monoisotopic (exact) mass is 1560 g/mol. The average Bonchev–Trinajstić information content (AvgIpc) is 1.75. The highest BCUT2D eigenvalue weighted by molar-refractivity contribution is 9.10. The highest BCUT2D eigenvalue weighted by Gasteiger charge is 2.22. The van der Waals surface area contributed by atoms with E-state index in [4.69, 9.17) is 0 Å². The summed E-state index contributed by atoms with van der Waals surface area (Å²) in [6, 6.07) is 166. The SMILES string of the molecule is Brc1ccc(-c2c3ccccc3c(-c3ccccc3)c3ccccc23)cc1.c1ccc(-c2c3ccccc3c(-c3ccc(N(c4ccccc4)c4ccc(-c5ccc6c(c5)c5ccccc5n6-c5ccccc5)cc4)cc3)c3ccccc23)cc1.c1ccc(Cc2ccc(-c3ccc4c(c3)c3ccccc3n4-c3ccccc3)cc2)cc1. The van der Waals surface area contributed by atoms with Crippen LogP contribution in [0.3, 0.4) is 0 Å². The first kappa shape index (κ1) is 71.4. The number of aromatic nitrogens is 2. The number of anilines is 3. The first-order chi connectivity index (χ1) is 58.0. The van der Waals surface area contributed by atoms with Gasteiger partial charge in [0, 0.05) is 54.5 Å². The molecule has 22 aromatic rings. The molecule has 0 aliphatic rings. The molecule has 0 spiro atoms. The van der Waals surface area contributed by atoms with Crippen molar-refractivity contribution >= 4 is 120 Å². The van der Waals surface area contributed by atoms with Crippen molar-refractivity contribution in [2.75, 3.05) is 4.90 Å². The Morgan fingerprint density at radius 1 is 0.179 bits per heavy atom. The Hall–Kier alpha value is -14.7. The van der Waals surface area contributed by atoms with Gasteiger partial charge in [-0.25, -0.2) is 0 Å². The Bertz CT molecular complexity index is 7220. The van der Waals surface area contributed by atoms with E-state index in [1.165, 1.54) is 176 Å². The first-order valence-corrected chi connectivity index (χ1v) is 40.9. The normalized spacial score (nSPS) is 11.3. The van der Waals surface area contributed by atoms with Crippen LogP contribution in [-0.2, 0) is 6.42 Å². The van der Waals surface area contributed by atoms with Crippen molar-refractivity contribution in [2.45, 2.75) is 6.42 Å². The molecule has 0 aliphatic carbocycles. The van der Waals surface area contributed by atoms with Gasteiger partial charge in [0.25, 0.3) is 0 Å². The second-order valence-corrected chi connectivity index (χ2v) is 30.8. The summed E-state index contributed by atoms with van der Waals surface area (Å²) in [5.41, 5.74) is 28.2. The van der Waals surface area contributed by atoms with Crippen LogP contribution in [-0.4, -0.2) is 9.13 Å². The maximum Gasteiger partial charge on any atom is 0.0541 e. The Kier molecular flexibility index (Phi) is 19.3. The van der Waals surface area contributed by atoms with E-state index in [0.29, 0.717) is 0 Å². The minimum atomic E-state index is 0.963. The van der Waals surface area contributed by atoms with Gasteiger partial charge in [0.1, 0.15) is 0 Å². The third-order valence-corrected chi connectivity index (χ3v) is 23.4. The van der Waals surface area contributed by atoms with E-state index in [1.807, 2.05) is 0 Å². The minimum absolute atomic E-state index is 0.963. The summed E-state index contributed by atoms with van der Waals surface area (Å²) in [5.74, 6) is 0. The number of nitrogens with zero attached hydrogens (tertiary/aromatic N) is 3. The Morgan fingerprint density at radius 2 is 0.427 bits per heavy atom. The van der Waals surface area contributed by atoms with E-state index in [2.05, 4.69) is 491 Å². The molecule has 0 radical (unpaired) electrons. The zero-order valence-electron chi connectivity index (χ0n) is 64.3. The number of fused-ring (bicyclic) bond motifs is 10. The highest BCUT2D eigenvalue weighted by atomic mass is 79.9. The highest BCUT2D eigenvalue weighted by Crippen LogP contribution is 2.48. The molecule has 2 aromatic heterocycles. The van der Waals surface area contributed by atoms with Crippen LogP contribution < -0.4 is 4.90 Å². The maximum atomic E-state index is 3.56. The van der Waals surface area contributed by atoms with Crippen LogP contribution in [0.25, 0.3) is 165 Å². The molecule has 0 saturated heterocycles. The van der Waals surface area contributed by atoms with Crippen molar-refractivity contribution < 1.29 is 0 Å². The third-order valence-electron chi connectivity index (χ3n) is 22.9. The molecule has 4 heteroatoms. The summed E-state index contributed by atoms with van der Waals surface area (Å²) in [6.07, 6.45) is 0.963. The molecular formula is C113H78BrN3. The third kappa shape index (κ3) is 13.8. The molecule has 20 aromatic carbocycles. The lowest BCUT2D eigenvalue weighted by Gasteiger charge is -2.26. The molecule has 0 unspecified atom stereocenters. The van der Waals surface area contributed by atoms with E-state index in [9.17, 15) is 0 Å². The average molecular weight is 1560 g/mol. The van der Waals surface area contributed by atoms with Crippen LogP contribution in [0.5, 0.6) is 0 Å². The molecule has 0 amide bonds. The van der Waals surface area contributed by atoms with Crippen LogP contribution in [0, 0.1) is 0 Å². The van der Waals surface area contributed by atoms with E-state index in [1.54, 1.807) is 0 Å². The number of hydrogen-bond donors (Lipinski definition) is 0. The van der Waals surface area contributed by atoms with Crippen molar-refractivity contribution in [3.8, 4) is 78.1 Å². The first-order valence-electron chi connectivity index (χ1n) is 40.1. The second kappa shape index (κ2) is 31.7. The summed E-state index contributed by atoms with van der Waals surface area (Å²) in [7, 11) is 0. The molecule has 22 rings (SSSR count). The number of hydrogen-bond acceptors (Lipinski definition) is 1. The fraction of sp³-hybridized carbons (Fsp3) is 0.00885. The zero-order chi connectivity index (χ0) is 78.0. The molecule has 0 saturated carbocycles. The number of rotatable bonds is 13. The van der Waals surface area contributed by atoms with Gasteiger partial charge in [-0.05, 0) is 237 Å². The van der Waals surface area contributed by atoms with Gasteiger partial charge in [-0.15, -0.1) is 0 Å². The van der Waals surface area contributed by atoms with Crippen LogP contribution in [0.1, 0.15) is 11.1 Å². The predicted octanol–water partition coefficient (Wildman–Crippen LogP) is 31.7. The van der Waals surface area contributed by atoms with E-state index < -0.39 is 0 Å². The van der Waals surface area contributed by atoms with E-state index in [-0.39, 0.29) is 0 Å². The van der Waals surface area contributed by atoms with Gasteiger partial charge in [0.15, 0.2) is 0 Å². The summed E-state index contributed by atoms with van der Waals surface area (Å²) in [6.45, 7) is 0. The molecule has 0 N–H and O–H groups in total. The van der Waals surface area contributed by atoms with Gasteiger partial charge < -0.3 is 14.0 Å². The van der Waals surface area contributed by atoms with E-state index >= 15 is 0 Å². The van der Waals surface area contributed by atoms with Crippen molar-refractivity contribution in [3.63, 3.8) is 0 Å². The largest absolute Gasteiger partial charge is 0.311 e. The summed E-state index contributed by atoms with van der Waals surface area (Å²) >= 11 is 3.56. The Balaban J connectivity index is 0.000000125.